The summed E-state index contributed by atoms with van der Waals surface area (Å²) in [6.45, 7) is 3.90. The van der Waals surface area contributed by atoms with E-state index in [0.717, 1.165) is 25.8 Å². The molecule has 4 nitrogen and oxygen atoms in total. The Labute approximate surface area is 85.4 Å². The van der Waals surface area contributed by atoms with Crippen molar-refractivity contribution in [2.45, 2.75) is 39.2 Å². The molecule has 0 heterocycles. The summed E-state index contributed by atoms with van der Waals surface area (Å²) < 4.78 is 0. The molecule has 0 aliphatic rings. The lowest BCUT2D eigenvalue weighted by Gasteiger charge is -2.14. The highest BCUT2D eigenvalue weighted by Crippen LogP contribution is 2.01. The highest BCUT2D eigenvalue weighted by Gasteiger charge is 2.13. The second kappa shape index (κ2) is 7.50. The summed E-state index contributed by atoms with van der Waals surface area (Å²) in [6.07, 6.45) is 2.71. The van der Waals surface area contributed by atoms with Gasteiger partial charge in [-0.25, -0.2) is 0 Å². The van der Waals surface area contributed by atoms with Crippen LogP contribution in [-0.4, -0.2) is 31.3 Å². The first-order chi connectivity index (χ1) is 6.57. The van der Waals surface area contributed by atoms with Crippen molar-refractivity contribution >= 4 is 11.7 Å². The zero-order chi connectivity index (χ0) is 11.0. The molecule has 0 bridgehead atoms. The van der Waals surface area contributed by atoms with Gasteiger partial charge in [-0.05, 0) is 39.8 Å². The van der Waals surface area contributed by atoms with Gasteiger partial charge in [-0.15, -0.1) is 0 Å². The largest absolute Gasteiger partial charge is 0.347 e. The fraction of sp³-hybridized carbons (Fsp3) is 0.800. The van der Waals surface area contributed by atoms with E-state index in [1.807, 2.05) is 7.05 Å². The van der Waals surface area contributed by atoms with E-state index in [2.05, 4.69) is 10.6 Å². The maximum absolute atomic E-state index is 11.1. The van der Waals surface area contributed by atoms with Crippen LogP contribution >= 0.6 is 0 Å². The molecule has 0 aliphatic carbocycles. The zero-order valence-corrected chi connectivity index (χ0v) is 9.22. The van der Waals surface area contributed by atoms with Crippen molar-refractivity contribution in [2.24, 2.45) is 0 Å². The van der Waals surface area contributed by atoms with Crippen molar-refractivity contribution in [1.82, 2.24) is 10.6 Å². The van der Waals surface area contributed by atoms with E-state index in [0.29, 0.717) is 0 Å². The van der Waals surface area contributed by atoms with Crippen molar-refractivity contribution in [3.05, 3.63) is 0 Å². The Kier molecular flexibility index (Phi) is 7.02. The quantitative estimate of drug-likeness (QED) is 0.587. The number of amides is 1. The highest BCUT2D eigenvalue weighted by atomic mass is 16.2. The second-order valence-electron chi connectivity index (χ2n) is 3.46. The molecule has 0 aromatic carbocycles. The first-order valence-electron chi connectivity index (χ1n) is 5.00. The van der Waals surface area contributed by atoms with Crippen LogP contribution in [0.1, 0.15) is 33.1 Å². The zero-order valence-electron chi connectivity index (χ0n) is 9.22. The van der Waals surface area contributed by atoms with E-state index in [4.69, 9.17) is 0 Å². The van der Waals surface area contributed by atoms with Crippen LogP contribution in [0.5, 0.6) is 0 Å². The summed E-state index contributed by atoms with van der Waals surface area (Å²) in [7, 11) is 1.90. The van der Waals surface area contributed by atoms with Gasteiger partial charge < -0.3 is 10.6 Å². The predicted molar refractivity (Wildman–Crippen MR) is 56.1 cm³/mol. The van der Waals surface area contributed by atoms with E-state index in [-0.39, 0.29) is 17.7 Å². The molecule has 1 amide bonds. The first-order valence-corrected chi connectivity index (χ1v) is 5.00. The number of hydrogen-bond acceptors (Lipinski definition) is 3. The SMILES string of the molecule is CNCCCC[C@H](NC(C)=O)C(C)=O. The Balaban J connectivity index is 3.74. The van der Waals surface area contributed by atoms with E-state index in [1.54, 1.807) is 0 Å². The average Bonchev–Trinajstić information content (AvgIpc) is 2.09. The van der Waals surface area contributed by atoms with Crippen LogP contribution in [0, 0.1) is 0 Å². The van der Waals surface area contributed by atoms with Crippen molar-refractivity contribution in [3.8, 4) is 0 Å². The number of nitrogens with one attached hydrogen (secondary N) is 2. The van der Waals surface area contributed by atoms with Gasteiger partial charge in [-0.3, -0.25) is 9.59 Å². The Morgan fingerprint density at radius 3 is 2.29 bits per heavy atom. The minimum absolute atomic E-state index is 0.0321. The normalized spacial score (nSPS) is 12.2. The van der Waals surface area contributed by atoms with Gasteiger partial charge in [0.15, 0.2) is 5.78 Å². The molecule has 0 unspecified atom stereocenters. The maximum atomic E-state index is 11.1. The number of Topliss-reactive ketones (excluding diaryl/α,β-unsaturated/α-hetero) is 1. The Hall–Kier alpha value is -0.900. The Bertz CT molecular complexity index is 193. The molecule has 4 heteroatoms. The number of rotatable bonds is 7. The fourth-order valence-electron chi connectivity index (χ4n) is 1.27. The molecule has 0 saturated carbocycles. The minimum atomic E-state index is -0.302. The molecule has 14 heavy (non-hydrogen) atoms. The third-order valence-corrected chi connectivity index (χ3v) is 2.04. The summed E-state index contributed by atoms with van der Waals surface area (Å²) in [5.74, 6) is -0.108. The van der Waals surface area contributed by atoms with Gasteiger partial charge in [-0.1, -0.05) is 0 Å². The Morgan fingerprint density at radius 1 is 1.21 bits per heavy atom. The fourth-order valence-corrected chi connectivity index (χ4v) is 1.27. The number of carbonyl (C=O) groups is 2. The van der Waals surface area contributed by atoms with Crippen LogP contribution in [0.15, 0.2) is 0 Å². The summed E-state index contributed by atoms with van der Waals surface area (Å²) >= 11 is 0. The molecule has 0 radical (unpaired) electrons. The molecular formula is C10H20N2O2. The monoisotopic (exact) mass is 200 g/mol. The van der Waals surface area contributed by atoms with Crippen LogP contribution < -0.4 is 10.6 Å². The van der Waals surface area contributed by atoms with Gasteiger partial charge in [0.1, 0.15) is 0 Å². The standard InChI is InChI=1S/C10H20N2O2/c1-8(13)10(12-9(2)14)6-4-5-7-11-3/h10-11H,4-7H2,1-3H3,(H,12,14)/t10-/m0/s1. The molecule has 1 atom stereocenters. The molecule has 0 saturated heterocycles. The molecule has 0 aromatic rings. The molecular weight excluding hydrogens is 180 g/mol. The predicted octanol–water partition coefficient (Wildman–Crippen LogP) is 0.470. The van der Waals surface area contributed by atoms with Gasteiger partial charge >= 0.3 is 0 Å². The summed E-state index contributed by atoms with van der Waals surface area (Å²) in [5.41, 5.74) is 0. The lowest BCUT2D eigenvalue weighted by molar-refractivity contribution is -0.125. The number of ketones is 1. The number of carbonyl (C=O) groups excluding carboxylic acids is 2. The van der Waals surface area contributed by atoms with Crippen LogP contribution in [0.3, 0.4) is 0 Å². The minimum Gasteiger partial charge on any atom is -0.347 e. The van der Waals surface area contributed by atoms with Gasteiger partial charge in [0.2, 0.25) is 5.91 Å². The molecule has 0 aromatic heterocycles. The third kappa shape index (κ3) is 6.60. The Morgan fingerprint density at radius 2 is 1.86 bits per heavy atom. The van der Waals surface area contributed by atoms with E-state index in [9.17, 15) is 9.59 Å². The average molecular weight is 200 g/mol. The van der Waals surface area contributed by atoms with Crippen LogP contribution in [-0.2, 0) is 9.59 Å². The second-order valence-corrected chi connectivity index (χ2v) is 3.46. The molecule has 0 fully saturated rings. The van der Waals surface area contributed by atoms with Crippen molar-refractivity contribution in [3.63, 3.8) is 0 Å². The molecule has 82 valence electrons. The van der Waals surface area contributed by atoms with Crippen molar-refractivity contribution in [1.29, 1.82) is 0 Å². The lowest BCUT2D eigenvalue weighted by Crippen LogP contribution is -2.38. The molecule has 2 N–H and O–H groups in total. The lowest BCUT2D eigenvalue weighted by atomic mass is 10.1. The third-order valence-electron chi connectivity index (χ3n) is 2.04. The summed E-state index contributed by atoms with van der Waals surface area (Å²) in [4.78, 5) is 21.9. The van der Waals surface area contributed by atoms with Crippen LogP contribution in [0.2, 0.25) is 0 Å². The van der Waals surface area contributed by atoms with Gasteiger partial charge in [-0.2, -0.15) is 0 Å². The summed E-state index contributed by atoms with van der Waals surface area (Å²) in [6, 6.07) is -0.302. The molecule has 0 spiro atoms. The van der Waals surface area contributed by atoms with Crippen molar-refractivity contribution < 1.29 is 9.59 Å². The summed E-state index contributed by atoms with van der Waals surface area (Å²) in [5, 5.41) is 5.69. The topological polar surface area (TPSA) is 58.2 Å². The van der Waals surface area contributed by atoms with E-state index < -0.39 is 0 Å². The van der Waals surface area contributed by atoms with Gasteiger partial charge in [0.05, 0.1) is 6.04 Å². The first kappa shape index (κ1) is 13.1. The molecule has 0 aliphatic heterocycles. The number of hydrogen-bond donors (Lipinski definition) is 2. The van der Waals surface area contributed by atoms with E-state index >= 15 is 0 Å². The number of unbranched alkanes of at least 4 members (excludes halogenated alkanes) is 1. The van der Waals surface area contributed by atoms with Gasteiger partial charge in [0.25, 0.3) is 0 Å². The van der Waals surface area contributed by atoms with Crippen molar-refractivity contribution in [2.75, 3.05) is 13.6 Å². The maximum Gasteiger partial charge on any atom is 0.217 e. The van der Waals surface area contributed by atoms with E-state index in [1.165, 1.54) is 13.8 Å². The van der Waals surface area contributed by atoms with Crippen LogP contribution in [0.25, 0.3) is 0 Å². The highest BCUT2D eigenvalue weighted by molar-refractivity contribution is 5.86. The van der Waals surface area contributed by atoms with Crippen LogP contribution in [0.4, 0.5) is 0 Å². The van der Waals surface area contributed by atoms with Gasteiger partial charge in [0, 0.05) is 6.92 Å². The smallest absolute Gasteiger partial charge is 0.217 e. The molecule has 0 rings (SSSR count).